The number of nitrogens with two attached hydrogens (primary N) is 1. The summed E-state index contributed by atoms with van der Waals surface area (Å²) in [5.74, 6) is -0.0857. The molecule has 2 rings (SSSR count). The fourth-order valence-corrected chi connectivity index (χ4v) is 2.57. The van der Waals surface area contributed by atoms with E-state index >= 15 is 0 Å². The Morgan fingerprint density at radius 3 is 2.96 bits per heavy atom. The first kappa shape index (κ1) is 18.2. The normalized spacial score (nSPS) is 10.4. The van der Waals surface area contributed by atoms with E-state index in [0.717, 1.165) is 5.56 Å². The van der Waals surface area contributed by atoms with Gasteiger partial charge in [-0.15, -0.1) is 0 Å². The molecular formula is C15H18ClN5O2S. The molecule has 24 heavy (non-hydrogen) atoms. The van der Waals surface area contributed by atoms with Crippen LogP contribution in [-0.2, 0) is 9.53 Å². The molecular weight excluding hydrogens is 350 g/mol. The van der Waals surface area contributed by atoms with Crippen LogP contribution in [0.25, 0.3) is 11.3 Å². The van der Waals surface area contributed by atoms with Gasteiger partial charge in [-0.05, 0) is 37.7 Å². The first-order valence-corrected chi connectivity index (χ1v) is 8.20. The second-order valence-electron chi connectivity index (χ2n) is 4.89. The van der Waals surface area contributed by atoms with Crippen LogP contribution < -0.4 is 10.6 Å². The summed E-state index contributed by atoms with van der Waals surface area (Å²) >= 11 is 10.9. The van der Waals surface area contributed by atoms with Crippen molar-refractivity contribution in [2.75, 3.05) is 18.1 Å². The van der Waals surface area contributed by atoms with Gasteiger partial charge in [-0.1, -0.05) is 11.6 Å². The molecule has 0 saturated heterocycles. The maximum absolute atomic E-state index is 12.5. The molecule has 0 unspecified atom stereocenters. The number of anilines is 1. The number of carbonyl (C=O) groups is 1. The Morgan fingerprint density at radius 2 is 2.33 bits per heavy atom. The fraction of sp³-hybridized carbons (Fsp3) is 0.333. The molecule has 0 aliphatic rings. The lowest BCUT2D eigenvalue weighted by Crippen LogP contribution is -2.31. The smallest absolute Gasteiger partial charge is 0.253 e. The number of hydrogen-bond acceptors (Lipinski definition) is 5. The fourth-order valence-electron chi connectivity index (χ4n) is 2.26. The Hall–Kier alpha value is -2.19. The second-order valence-corrected chi connectivity index (χ2v) is 5.67. The van der Waals surface area contributed by atoms with E-state index in [1.165, 1.54) is 0 Å². The third-order valence-corrected chi connectivity index (χ3v) is 3.68. The number of rotatable bonds is 7. The molecule has 0 fully saturated rings. The molecule has 0 aromatic carbocycles. The molecule has 0 bridgehead atoms. The van der Waals surface area contributed by atoms with Crippen LogP contribution in [0, 0.1) is 0 Å². The molecule has 3 N–H and O–H groups in total. The summed E-state index contributed by atoms with van der Waals surface area (Å²) in [6, 6.07) is 3.66. The zero-order valence-electron chi connectivity index (χ0n) is 13.2. The number of H-pyrrole nitrogens is 1. The minimum absolute atomic E-state index is 0.0217. The van der Waals surface area contributed by atoms with Gasteiger partial charge in [0.05, 0.1) is 6.61 Å². The number of carbonyl (C=O) groups excluding carboxylic acids is 1. The monoisotopic (exact) mass is 367 g/mol. The maximum Gasteiger partial charge on any atom is 0.253 e. The molecule has 0 aliphatic heterocycles. The van der Waals surface area contributed by atoms with Crippen molar-refractivity contribution in [2.24, 2.45) is 5.73 Å². The van der Waals surface area contributed by atoms with Gasteiger partial charge >= 0.3 is 0 Å². The molecule has 1 amide bonds. The quantitative estimate of drug-likeness (QED) is 0.576. The zero-order valence-corrected chi connectivity index (χ0v) is 14.7. The highest BCUT2D eigenvalue weighted by Gasteiger charge is 2.23. The number of hydrogen-bond donors (Lipinski definition) is 2. The lowest BCUT2D eigenvalue weighted by molar-refractivity contribution is -0.118. The number of thiocarbonyl (C=S) groups is 1. The average Bonchev–Trinajstić information content (AvgIpc) is 2.95. The Morgan fingerprint density at radius 1 is 1.54 bits per heavy atom. The van der Waals surface area contributed by atoms with Gasteiger partial charge in [-0.3, -0.25) is 14.9 Å². The number of pyridine rings is 1. The summed E-state index contributed by atoms with van der Waals surface area (Å²) in [5, 5.41) is 7.22. The standard InChI is InChI=1S/C15H18ClN5O2S/c1-2-21(11(22)6-4-8-23-15(17)24)13-12(19-20-14(13)16)10-5-3-7-18-9-10/h3,5,7,9H,2,4,6,8H2,1H3,(H2,17,24)(H,19,20). The molecule has 9 heteroatoms. The third kappa shape index (κ3) is 4.42. The number of nitrogens with zero attached hydrogens (tertiary/aromatic N) is 3. The van der Waals surface area contributed by atoms with E-state index in [-0.39, 0.29) is 17.5 Å². The van der Waals surface area contributed by atoms with Crippen molar-refractivity contribution in [3.8, 4) is 11.3 Å². The van der Waals surface area contributed by atoms with E-state index in [4.69, 9.17) is 22.1 Å². The van der Waals surface area contributed by atoms with E-state index in [0.29, 0.717) is 36.1 Å². The van der Waals surface area contributed by atoms with Gasteiger partial charge in [-0.2, -0.15) is 5.10 Å². The van der Waals surface area contributed by atoms with Gasteiger partial charge in [-0.25, -0.2) is 0 Å². The maximum atomic E-state index is 12.5. The van der Waals surface area contributed by atoms with Crippen molar-refractivity contribution < 1.29 is 9.53 Å². The minimum Gasteiger partial charge on any atom is -0.471 e. The van der Waals surface area contributed by atoms with E-state index < -0.39 is 0 Å². The lowest BCUT2D eigenvalue weighted by Gasteiger charge is -2.21. The van der Waals surface area contributed by atoms with Crippen molar-refractivity contribution >= 4 is 40.6 Å². The van der Waals surface area contributed by atoms with Crippen LogP contribution in [0.2, 0.25) is 5.15 Å². The molecule has 0 radical (unpaired) electrons. The Balaban J connectivity index is 2.17. The van der Waals surface area contributed by atoms with E-state index in [1.54, 1.807) is 23.4 Å². The molecule has 0 spiro atoms. The van der Waals surface area contributed by atoms with Crippen molar-refractivity contribution in [1.29, 1.82) is 0 Å². The number of amides is 1. The van der Waals surface area contributed by atoms with Gasteiger partial charge in [0.15, 0.2) is 0 Å². The molecule has 2 aromatic heterocycles. The molecule has 2 heterocycles. The van der Waals surface area contributed by atoms with Crippen LogP contribution in [0.3, 0.4) is 0 Å². The molecule has 7 nitrogen and oxygen atoms in total. The summed E-state index contributed by atoms with van der Waals surface area (Å²) in [7, 11) is 0. The molecule has 0 aliphatic carbocycles. The summed E-state index contributed by atoms with van der Waals surface area (Å²) in [6.45, 7) is 2.63. The third-order valence-electron chi connectivity index (χ3n) is 3.30. The van der Waals surface area contributed by atoms with Crippen molar-refractivity contribution in [2.45, 2.75) is 19.8 Å². The highest BCUT2D eigenvalue weighted by molar-refractivity contribution is 7.80. The van der Waals surface area contributed by atoms with Crippen molar-refractivity contribution in [3.05, 3.63) is 29.7 Å². The van der Waals surface area contributed by atoms with Crippen molar-refractivity contribution in [1.82, 2.24) is 15.2 Å². The van der Waals surface area contributed by atoms with Crippen LogP contribution in [0.15, 0.2) is 24.5 Å². The van der Waals surface area contributed by atoms with Crippen LogP contribution in [-0.4, -0.2) is 39.4 Å². The molecule has 0 atom stereocenters. The van der Waals surface area contributed by atoms with Gasteiger partial charge in [0.25, 0.3) is 5.17 Å². The van der Waals surface area contributed by atoms with Crippen LogP contribution in [0.1, 0.15) is 19.8 Å². The molecule has 0 saturated carbocycles. The van der Waals surface area contributed by atoms with Crippen molar-refractivity contribution in [3.63, 3.8) is 0 Å². The predicted molar refractivity (Wildman–Crippen MR) is 96.8 cm³/mol. The highest BCUT2D eigenvalue weighted by Crippen LogP contribution is 2.34. The number of aromatic nitrogens is 3. The Bertz CT molecular complexity index is 707. The summed E-state index contributed by atoms with van der Waals surface area (Å²) in [6.07, 6.45) is 4.13. The highest BCUT2D eigenvalue weighted by atomic mass is 35.5. The van der Waals surface area contributed by atoms with Crippen LogP contribution in [0.5, 0.6) is 0 Å². The topological polar surface area (TPSA) is 97.1 Å². The first-order valence-electron chi connectivity index (χ1n) is 7.41. The van der Waals surface area contributed by atoms with E-state index in [9.17, 15) is 4.79 Å². The summed E-state index contributed by atoms with van der Waals surface area (Å²) in [4.78, 5) is 18.2. The van der Waals surface area contributed by atoms with Gasteiger partial charge in [0.1, 0.15) is 16.5 Å². The SMILES string of the molecule is CCN(C(=O)CCCOC(N)=S)c1c(-c2cccnc2)n[nH]c1Cl. The first-order chi connectivity index (χ1) is 11.5. The number of ether oxygens (including phenoxy) is 1. The number of halogens is 1. The lowest BCUT2D eigenvalue weighted by atomic mass is 10.1. The van der Waals surface area contributed by atoms with E-state index in [1.807, 2.05) is 13.0 Å². The molecule has 128 valence electrons. The zero-order chi connectivity index (χ0) is 17.5. The Labute approximate surface area is 150 Å². The van der Waals surface area contributed by atoms with E-state index in [2.05, 4.69) is 27.4 Å². The summed E-state index contributed by atoms with van der Waals surface area (Å²) < 4.78 is 5.00. The van der Waals surface area contributed by atoms with Crippen LogP contribution in [0.4, 0.5) is 5.69 Å². The summed E-state index contributed by atoms with van der Waals surface area (Å²) in [5.41, 5.74) is 7.17. The minimum atomic E-state index is -0.0857. The molecule has 2 aromatic rings. The van der Waals surface area contributed by atoms with Crippen LogP contribution >= 0.6 is 23.8 Å². The van der Waals surface area contributed by atoms with Gasteiger partial charge < -0.3 is 15.4 Å². The largest absolute Gasteiger partial charge is 0.471 e. The van der Waals surface area contributed by atoms with Gasteiger partial charge in [0, 0.05) is 30.9 Å². The predicted octanol–water partition coefficient (Wildman–Crippen LogP) is 2.52. The number of aromatic amines is 1. The van der Waals surface area contributed by atoms with Gasteiger partial charge in [0.2, 0.25) is 5.91 Å². The second kappa shape index (κ2) is 8.60. The average molecular weight is 368 g/mol. The number of nitrogens with one attached hydrogen (secondary N) is 1. The Kier molecular flexibility index (Phi) is 6.51.